The van der Waals surface area contributed by atoms with Gasteiger partial charge in [-0.25, -0.2) is 9.97 Å². The molecule has 0 fully saturated rings. The van der Waals surface area contributed by atoms with E-state index in [1.54, 1.807) is 17.7 Å². The topological polar surface area (TPSA) is 25.8 Å². The summed E-state index contributed by atoms with van der Waals surface area (Å²) >= 11 is 5.30. The van der Waals surface area contributed by atoms with Crippen molar-refractivity contribution >= 4 is 37.5 Å². The summed E-state index contributed by atoms with van der Waals surface area (Å²) in [4.78, 5) is 10.2. The fourth-order valence-corrected chi connectivity index (χ4v) is 2.42. The van der Waals surface area contributed by atoms with Crippen LogP contribution in [-0.4, -0.2) is 14.8 Å². The molecule has 4 heteroatoms. The third-order valence-electron chi connectivity index (χ3n) is 2.20. The summed E-state index contributed by atoms with van der Waals surface area (Å²) < 4.78 is 0. The predicted octanol–water partition coefficient (Wildman–Crippen LogP) is 3.41. The van der Waals surface area contributed by atoms with Crippen LogP contribution in [0, 0.1) is 0 Å². The molecule has 2 nitrogen and oxygen atoms in total. The molecule has 0 aromatic carbocycles. The second-order valence-corrected chi connectivity index (χ2v) is 5.36. The van der Waals surface area contributed by atoms with Crippen LogP contribution in [-0.2, 0) is 6.42 Å². The van der Waals surface area contributed by atoms with Crippen molar-refractivity contribution in [3.05, 3.63) is 23.5 Å². The molecule has 0 saturated carbocycles. The molecule has 0 aliphatic rings. The van der Waals surface area contributed by atoms with E-state index in [-0.39, 0.29) is 0 Å². The quantitative estimate of drug-likeness (QED) is 0.799. The van der Waals surface area contributed by atoms with Gasteiger partial charge in [-0.1, -0.05) is 22.9 Å². The minimum Gasteiger partial charge on any atom is -0.241 e. The largest absolute Gasteiger partial charge is 0.241 e. The number of hydrogen-bond acceptors (Lipinski definition) is 3. The van der Waals surface area contributed by atoms with Gasteiger partial charge < -0.3 is 0 Å². The van der Waals surface area contributed by atoms with Crippen LogP contribution >= 0.6 is 27.3 Å². The van der Waals surface area contributed by atoms with Crippen LogP contribution in [0.15, 0.2) is 17.8 Å². The second kappa shape index (κ2) is 4.36. The molecule has 0 spiro atoms. The molecule has 0 bridgehead atoms. The Bertz CT molecular complexity index is 427. The number of aromatic nitrogens is 2. The van der Waals surface area contributed by atoms with Crippen LogP contribution in [0.3, 0.4) is 0 Å². The van der Waals surface area contributed by atoms with E-state index in [0.29, 0.717) is 4.83 Å². The maximum atomic E-state index is 4.33. The molecule has 2 rings (SSSR count). The fraction of sp³-hybridized carbons (Fsp3) is 0.400. The molecule has 0 saturated heterocycles. The summed E-state index contributed by atoms with van der Waals surface area (Å²) in [6, 6.07) is 2.10. The maximum Gasteiger partial charge on any atom is 0.126 e. The lowest BCUT2D eigenvalue weighted by Crippen LogP contribution is -2.03. The minimum atomic E-state index is 0.514. The lowest BCUT2D eigenvalue weighted by atomic mass is 10.1. The number of hydrogen-bond donors (Lipinski definition) is 0. The Morgan fingerprint density at radius 2 is 2.36 bits per heavy atom. The Kier molecular flexibility index (Phi) is 3.13. The average Bonchev–Trinajstić information content (AvgIpc) is 2.66. The van der Waals surface area contributed by atoms with Crippen molar-refractivity contribution in [3.8, 4) is 0 Å². The van der Waals surface area contributed by atoms with Crippen molar-refractivity contribution in [1.82, 2.24) is 9.97 Å². The SMILES string of the molecule is CCC(Br)Cc1ncnc2sccc12. The summed E-state index contributed by atoms with van der Waals surface area (Å²) in [6.45, 7) is 2.17. The van der Waals surface area contributed by atoms with E-state index in [1.807, 2.05) is 0 Å². The molecule has 0 radical (unpaired) electrons. The van der Waals surface area contributed by atoms with E-state index in [0.717, 1.165) is 23.4 Å². The van der Waals surface area contributed by atoms with Crippen LogP contribution in [0.2, 0.25) is 0 Å². The van der Waals surface area contributed by atoms with E-state index in [9.17, 15) is 0 Å². The number of rotatable bonds is 3. The monoisotopic (exact) mass is 270 g/mol. The van der Waals surface area contributed by atoms with Gasteiger partial charge in [0.25, 0.3) is 0 Å². The first-order chi connectivity index (χ1) is 6.81. The Morgan fingerprint density at radius 3 is 3.14 bits per heavy atom. The third-order valence-corrected chi connectivity index (χ3v) is 3.99. The van der Waals surface area contributed by atoms with Gasteiger partial charge in [-0.05, 0) is 17.9 Å². The van der Waals surface area contributed by atoms with Gasteiger partial charge >= 0.3 is 0 Å². The molecule has 2 aromatic rings. The molecule has 0 amide bonds. The standard InChI is InChI=1S/C10H11BrN2S/c1-2-7(11)5-9-8-3-4-14-10(8)13-6-12-9/h3-4,6-7H,2,5H2,1H3. The van der Waals surface area contributed by atoms with E-state index in [2.05, 4.69) is 44.3 Å². The highest BCUT2D eigenvalue weighted by Gasteiger charge is 2.08. The summed E-state index contributed by atoms with van der Waals surface area (Å²) in [5, 5.41) is 3.27. The predicted molar refractivity (Wildman–Crippen MR) is 64.1 cm³/mol. The van der Waals surface area contributed by atoms with Crippen molar-refractivity contribution < 1.29 is 0 Å². The summed E-state index contributed by atoms with van der Waals surface area (Å²) in [5.74, 6) is 0. The first kappa shape index (κ1) is 10.1. The van der Waals surface area contributed by atoms with Crippen LogP contribution < -0.4 is 0 Å². The molecule has 74 valence electrons. The van der Waals surface area contributed by atoms with Crippen LogP contribution in [0.5, 0.6) is 0 Å². The molecule has 0 aliphatic heterocycles. The van der Waals surface area contributed by atoms with Crippen LogP contribution in [0.4, 0.5) is 0 Å². The van der Waals surface area contributed by atoms with Crippen LogP contribution in [0.25, 0.3) is 10.2 Å². The number of fused-ring (bicyclic) bond motifs is 1. The Morgan fingerprint density at radius 1 is 1.50 bits per heavy atom. The minimum absolute atomic E-state index is 0.514. The van der Waals surface area contributed by atoms with Gasteiger partial charge in [-0.2, -0.15) is 0 Å². The summed E-state index contributed by atoms with van der Waals surface area (Å²) in [6.07, 6.45) is 3.76. The number of halogens is 1. The van der Waals surface area contributed by atoms with Gasteiger partial charge in [0.15, 0.2) is 0 Å². The molecule has 0 N–H and O–H groups in total. The zero-order valence-corrected chi connectivity index (χ0v) is 10.3. The van der Waals surface area contributed by atoms with E-state index >= 15 is 0 Å². The van der Waals surface area contributed by atoms with E-state index in [4.69, 9.17) is 0 Å². The van der Waals surface area contributed by atoms with Crippen molar-refractivity contribution in [2.24, 2.45) is 0 Å². The van der Waals surface area contributed by atoms with Crippen molar-refractivity contribution in [2.45, 2.75) is 24.6 Å². The highest BCUT2D eigenvalue weighted by atomic mass is 79.9. The van der Waals surface area contributed by atoms with Crippen molar-refractivity contribution in [3.63, 3.8) is 0 Å². The molecular weight excluding hydrogens is 260 g/mol. The zero-order chi connectivity index (χ0) is 9.97. The second-order valence-electron chi connectivity index (χ2n) is 3.17. The highest BCUT2D eigenvalue weighted by Crippen LogP contribution is 2.22. The van der Waals surface area contributed by atoms with E-state index < -0.39 is 0 Å². The van der Waals surface area contributed by atoms with Gasteiger partial charge in [-0.15, -0.1) is 11.3 Å². The number of thiophene rings is 1. The molecule has 1 unspecified atom stereocenters. The molecule has 1 atom stereocenters. The zero-order valence-electron chi connectivity index (χ0n) is 7.90. The molecule has 14 heavy (non-hydrogen) atoms. The third kappa shape index (κ3) is 1.96. The normalized spacial score (nSPS) is 13.3. The summed E-state index contributed by atoms with van der Waals surface area (Å²) in [5.41, 5.74) is 1.15. The first-order valence-corrected chi connectivity index (χ1v) is 6.42. The Hall–Kier alpha value is -0.480. The Balaban J connectivity index is 2.36. The highest BCUT2D eigenvalue weighted by molar-refractivity contribution is 9.09. The van der Waals surface area contributed by atoms with Gasteiger partial charge in [0.1, 0.15) is 11.2 Å². The van der Waals surface area contributed by atoms with Crippen LogP contribution in [0.1, 0.15) is 19.0 Å². The average molecular weight is 271 g/mol. The van der Waals surface area contributed by atoms with Gasteiger partial charge in [0.05, 0.1) is 5.69 Å². The molecule has 2 heterocycles. The van der Waals surface area contributed by atoms with Gasteiger partial charge in [0, 0.05) is 16.6 Å². The fourth-order valence-electron chi connectivity index (χ4n) is 1.36. The van der Waals surface area contributed by atoms with Gasteiger partial charge in [0.2, 0.25) is 0 Å². The Labute approximate surface area is 95.5 Å². The van der Waals surface area contributed by atoms with Crippen molar-refractivity contribution in [1.29, 1.82) is 0 Å². The van der Waals surface area contributed by atoms with Crippen molar-refractivity contribution in [2.75, 3.05) is 0 Å². The molecule has 0 aliphatic carbocycles. The molecule has 2 aromatic heterocycles. The molecular formula is C10H11BrN2S. The maximum absolute atomic E-state index is 4.33. The number of nitrogens with zero attached hydrogens (tertiary/aromatic N) is 2. The lowest BCUT2D eigenvalue weighted by molar-refractivity contribution is 0.812. The first-order valence-electron chi connectivity index (χ1n) is 4.62. The summed E-state index contributed by atoms with van der Waals surface area (Å²) in [7, 11) is 0. The van der Waals surface area contributed by atoms with E-state index in [1.165, 1.54) is 5.39 Å². The lowest BCUT2D eigenvalue weighted by Gasteiger charge is -2.06. The van der Waals surface area contributed by atoms with Gasteiger partial charge in [-0.3, -0.25) is 0 Å². The number of alkyl halides is 1. The smallest absolute Gasteiger partial charge is 0.126 e.